The first-order valence-electron chi connectivity index (χ1n) is 10.5. The zero-order valence-electron chi connectivity index (χ0n) is 17.4. The molecule has 29 heavy (non-hydrogen) atoms. The molecule has 0 spiro atoms. The molecule has 1 saturated heterocycles. The van der Waals surface area contributed by atoms with Crippen LogP contribution in [-0.2, 0) is 25.7 Å². The van der Waals surface area contributed by atoms with E-state index in [4.69, 9.17) is 4.74 Å². The molecule has 1 amide bonds. The van der Waals surface area contributed by atoms with Crippen LogP contribution in [0.5, 0.6) is 0 Å². The van der Waals surface area contributed by atoms with Gasteiger partial charge in [0.25, 0.3) is 0 Å². The predicted octanol–water partition coefficient (Wildman–Crippen LogP) is 4.24. The quantitative estimate of drug-likeness (QED) is 0.518. The van der Waals surface area contributed by atoms with E-state index in [1.165, 1.54) is 0 Å². The third-order valence-corrected chi connectivity index (χ3v) is 5.47. The summed E-state index contributed by atoms with van der Waals surface area (Å²) in [5.41, 5.74) is 0.904. The van der Waals surface area contributed by atoms with E-state index in [0.717, 1.165) is 18.4 Å². The Morgan fingerprint density at radius 3 is 2.31 bits per heavy atom. The lowest BCUT2D eigenvalue weighted by Gasteiger charge is -2.29. The van der Waals surface area contributed by atoms with Crippen LogP contribution in [-0.4, -0.2) is 40.4 Å². The lowest BCUT2D eigenvalue weighted by atomic mass is 10.0. The van der Waals surface area contributed by atoms with Crippen LogP contribution in [0.3, 0.4) is 0 Å². The molecule has 1 aromatic rings. The van der Waals surface area contributed by atoms with Gasteiger partial charge in [-0.1, -0.05) is 44.2 Å². The molecule has 0 bridgehead atoms. The van der Waals surface area contributed by atoms with Gasteiger partial charge >= 0.3 is 6.09 Å². The molecule has 1 aliphatic heterocycles. The van der Waals surface area contributed by atoms with E-state index in [2.05, 4.69) is 0 Å². The van der Waals surface area contributed by atoms with E-state index in [1.807, 2.05) is 37.3 Å². The van der Waals surface area contributed by atoms with Crippen molar-refractivity contribution in [2.24, 2.45) is 0 Å². The second-order valence-electron chi connectivity index (χ2n) is 7.52. The zero-order valence-corrected chi connectivity index (χ0v) is 17.4. The van der Waals surface area contributed by atoms with Crippen LogP contribution in [0.15, 0.2) is 30.3 Å². The Kier molecular flexibility index (Phi) is 9.03. The van der Waals surface area contributed by atoms with Crippen LogP contribution in [0.4, 0.5) is 4.79 Å². The number of likely N-dealkylation sites (tertiary alicyclic amines) is 1. The van der Waals surface area contributed by atoms with E-state index in [0.29, 0.717) is 25.7 Å². The van der Waals surface area contributed by atoms with Gasteiger partial charge in [0.2, 0.25) is 0 Å². The number of hydrogen-bond acceptors (Lipinski definition) is 5. The highest BCUT2D eigenvalue weighted by Crippen LogP contribution is 2.31. The molecule has 2 rings (SSSR count). The number of hydrogen-bond donors (Lipinski definition) is 0. The molecule has 0 aromatic heterocycles. The first kappa shape index (κ1) is 22.8. The minimum atomic E-state index is -0.416. The van der Waals surface area contributed by atoms with Crippen molar-refractivity contribution in [1.29, 1.82) is 0 Å². The molecule has 0 N–H and O–H groups in total. The normalized spacial score (nSPS) is 18.5. The summed E-state index contributed by atoms with van der Waals surface area (Å²) in [6.45, 7) is 3.68. The number of Topliss-reactive ketones (excluding diaryl/α,β-unsaturated/α-hetero) is 3. The van der Waals surface area contributed by atoms with Gasteiger partial charge in [-0.25, -0.2) is 4.79 Å². The summed E-state index contributed by atoms with van der Waals surface area (Å²) >= 11 is 0. The van der Waals surface area contributed by atoms with Crippen LogP contribution in [0.1, 0.15) is 70.8 Å². The van der Waals surface area contributed by atoms with Crippen molar-refractivity contribution >= 4 is 23.4 Å². The van der Waals surface area contributed by atoms with Gasteiger partial charge in [-0.15, -0.1) is 0 Å². The first-order chi connectivity index (χ1) is 14.0. The van der Waals surface area contributed by atoms with Crippen molar-refractivity contribution in [3.05, 3.63) is 35.9 Å². The van der Waals surface area contributed by atoms with Crippen molar-refractivity contribution in [2.75, 3.05) is 0 Å². The topological polar surface area (TPSA) is 80.8 Å². The minimum Gasteiger partial charge on any atom is -0.445 e. The fourth-order valence-corrected chi connectivity index (χ4v) is 3.78. The van der Waals surface area contributed by atoms with Crippen molar-refractivity contribution in [3.63, 3.8) is 0 Å². The second kappa shape index (κ2) is 11.5. The van der Waals surface area contributed by atoms with Crippen LogP contribution < -0.4 is 0 Å². The van der Waals surface area contributed by atoms with Gasteiger partial charge in [-0.2, -0.15) is 0 Å². The first-order valence-corrected chi connectivity index (χ1v) is 10.5. The van der Waals surface area contributed by atoms with Gasteiger partial charge in [0.15, 0.2) is 11.6 Å². The Labute approximate surface area is 172 Å². The van der Waals surface area contributed by atoms with E-state index >= 15 is 0 Å². The fourth-order valence-electron chi connectivity index (χ4n) is 3.78. The van der Waals surface area contributed by atoms with Gasteiger partial charge in [0, 0.05) is 37.8 Å². The largest absolute Gasteiger partial charge is 0.445 e. The summed E-state index contributed by atoms with van der Waals surface area (Å²) in [5.74, 6) is -0.566. The number of carbonyl (C=O) groups excluding carboxylic acids is 4. The van der Waals surface area contributed by atoms with Gasteiger partial charge in [0.05, 0.1) is 0 Å². The number of ether oxygens (including phenoxy) is 1. The highest BCUT2D eigenvalue weighted by Gasteiger charge is 2.38. The summed E-state index contributed by atoms with van der Waals surface area (Å²) < 4.78 is 5.53. The SMILES string of the molecule is CCC(=O)C[C@@H]1CC[C@H](CCCC(=O)C(=O)CC)N1C(=O)OCc1ccccc1. The maximum Gasteiger partial charge on any atom is 0.410 e. The minimum absolute atomic E-state index is 0.0718. The molecular weight excluding hydrogens is 370 g/mol. The molecule has 158 valence electrons. The van der Waals surface area contributed by atoms with Crippen LogP contribution in [0, 0.1) is 0 Å². The molecule has 6 heteroatoms. The van der Waals surface area contributed by atoms with Crippen molar-refractivity contribution < 1.29 is 23.9 Å². The molecule has 6 nitrogen and oxygen atoms in total. The van der Waals surface area contributed by atoms with Crippen molar-refractivity contribution in [1.82, 2.24) is 4.90 Å². The molecule has 1 fully saturated rings. The number of carbonyl (C=O) groups is 4. The lowest BCUT2D eigenvalue weighted by Crippen LogP contribution is -2.42. The molecule has 0 unspecified atom stereocenters. The third-order valence-electron chi connectivity index (χ3n) is 5.47. The molecule has 2 atom stereocenters. The van der Waals surface area contributed by atoms with E-state index < -0.39 is 6.09 Å². The average molecular weight is 402 g/mol. The monoisotopic (exact) mass is 401 g/mol. The highest BCUT2D eigenvalue weighted by atomic mass is 16.6. The number of nitrogens with zero attached hydrogens (tertiary/aromatic N) is 1. The molecule has 0 aliphatic carbocycles. The van der Waals surface area contributed by atoms with Crippen LogP contribution >= 0.6 is 0 Å². The number of ketones is 3. The molecule has 1 aliphatic rings. The smallest absolute Gasteiger partial charge is 0.410 e. The number of amides is 1. The van der Waals surface area contributed by atoms with Crippen molar-refractivity contribution in [3.8, 4) is 0 Å². The molecule has 1 aromatic carbocycles. The maximum absolute atomic E-state index is 12.8. The Balaban J connectivity index is 1.98. The second-order valence-corrected chi connectivity index (χ2v) is 7.52. The zero-order chi connectivity index (χ0) is 21.2. The van der Waals surface area contributed by atoms with Gasteiger partial charge in [-0.3, -0.25) is 14.4 Å². The summed E-state index contributed by atoms with van der Waals surface area (Å²) in [7, 11) is 0. The summed E-state index contributed by atoms with van der Waals surface area (Å²) in [6.07, 6.45) is 3.49. The maximum atomic E-state index is 12.8. The van der Waals surface area contributed by atoms with Crippen LogP contribution in [0.2, 0.25) is 0 Å². The van der Waals surface area contributed by atoms with Gasteiger partial charge < -0.3 is 9.64 Å². The number of rotatable bonds is 11. The average Bonchev–Trinajstić information content (AvgIpc) is 3.14. The Morgan fingerprint density at radius 1 is 0.966 bits per heavy atom. The third kappa shape index (κ3) is 6.80. The van der Waals surface area contributed by atoms with E-state index in [-0.39, 0.29) is 48.9 Å². The summed E-state index contributed by atoms with van der Waals surface area (Å²) in [6, 6.07) is 9.23. The fraction of sp³-hybridized carbons (Fsp3) is 0.565. The molecular formula is C23H31NO5. The molecule has 1 heterocycles. The summed E-state index contributed by atoms with van der Waals surface area (Å²) in [5, 5.41) is 0. The van der Waals surface area contributed by atoms with E-state index in [1.54, 1.807) is 11.8 Å². The standard InChI is InChI=1S/C23H31NO5/c1-3-20(25)15-19-14-13-18(11-8-12-22(27)21(26)4-2)24(19)23(28)29-16-17-9-6-5-7-10-17/h5-7,9-10,18-19H,3-4,8,11-16H2,1-2H3/t18-,19-/m0/s1. The summed E-state index contributed by atoms with van der Waals surface area (Å²) in [4.78, 5) is 49.7. The Hall–Kier alpha value is -2.50. The van der Waals surface area contributed by atoms with E-state index in [9.17, 15) is 19.2 Å². The predicted molar refractivity (Wildman–Crippen MR) is 109 cm³/mol. The molecule has 0 saturated carbocycles. The van der Waals surface area contributed by atoms with Gasteiger partial charge in [-0.05, 0) is 31.2 Å². The Morgan fingerprint density at radius 2 is 1.66 bits per heavy atom. The van der Waals surface area contributed by atoms with Crippen LogP contribution in [0.25, 0.3) is 0 Å². The lowest BCUT2D eigenvalue weighted by molar-refractivity contribution is -0.136. The Bertz CT molecular complexity index is 715. The number of benzene rings is 1. The highest BCUT2D eigenvalue weighted by molar-refractivity contribution is 6.37. The van der Waals surface area contributed by atoms with Gasteiger partial charge in [0.1, 0.15) is 12.4 Å². The van der Waals surface area contributed by atoms with Crippen molar-refractivity contribution in [2.45, 2.75) is 83.9 Å². The molecule has 0 radical (unpaired) electrons.